The molecule has 1 aliphatic rings. The van der Waals surface area contributed by atoms with Crippen LogP contribution in [0.25, 0.3) is 0 Å². The lowest BCUT2D eigenvalue weighted by Crippen LogP contribution is -2.33. The van der Waals surface area contributed by atoms with Gasteiger partial charge in [-0.3, -0.25) is 4.90 Å². The van der Waals surface area contributed by atoms with Crippen molar-refractivity contribution in [1.82, 2.24) is 10.2 Å². The first-order valence-corrected chi connectivity index (χ1v) is 7.08. The van der Waals surface area contributed by atoms with Crippen molar-refractivity contribution in [2.24, 2.45) is 5.92 Å². The molecule has 1 heterocycles. The molecule has 1 aromatic carbocycles. The van der Waals surface area contributed by atoms with Gasteiger partial charge in [0.25, 0.3) is 0 Å². The largest absolute Gasteiger partial charge is 0.401 e. The fourth-order valence-corrected chi connectivity index (χ4v) is 2.64. The summed E-state index contributed by atoms with van der Waals surface area (Å²) in [5.41, 5.74) is 1.46. The molecule has 21 heavy (non-hydrogen) atoms. The third-order valence-corrected chi connectivity index (χ3v) is 3.77. The molecule has 2 nitrogen and oxygen atoms in total. The molecule has 0 spiro atoms. The van der Waals surface area contributed by atoms with Crippen molar-refractivity contribution in [3.05, 3.63) is 35.1 Å². The van der Waals surface area contributed by atoms with E-state index in [1.165, 1.54) is 11.0 Å². The SMILES string of the molecule is Cc1ccc(CNC[C@H]2CCN(CC(F)(F)F)C2)cc1F. The molecule has 0 aliphatic carbocycles. The zero-order chi connectivity index (χ0) is 15.5. The minimum absolute atomic E-state index is 0.225. The molecule has 0 radical (unpaired) electrons. The van der Waals surface area contributed by atoms with Crippen LogP contribution in [0.3, 0.4) is 0 Å². The van der Waals surface area contributed by atoms with Crippen LogP contribution in [0.15, 0.2) is 18.2 Å². The summed E-state index contributed by atoms with van der Waals surface area (Å²) in [7, 11) is 0. The molecule has 0 aromatic heterocycles. The molecular weight excluding hydrogens is 284 g/mol. The van der Waals surface area contributed by atoms with Crippen LogP contribution in [0.2, 0.25) is 0 Å². The van der Waals surface area contributed by atoms with E-state index in [9.17, 15) is 17.6 Å². The zero-order valence-electron chi connectivity index (χ0n) is 12.0. The predicted molar refractivity (Wildman–Crippen MR) is 73.4 cm³/mol. The molecule has 1 N–H and O–H groups in total. The van der Waals surface area contributed by atoms with Crippen molar-refractivity contribution in [1.29, 1.82) is 0 Å². The number of benzene rings is 1. The maximum absolute atomic E-state index is 13.4. The van der Waals surface area contributed by atoms with Crippen molar-refractivity contribution in [3.63, 3.8) is 0 Å². The van der Waals surface area contributed by atoms with Crippen molar-refractivity contribution < 1.29 is 17.6 Å². The molecule has 6 heteroatoms. The number of aryl methyl sites for hydroxylation is 1. The van der Waals surface area contributed by atoms with Crippen LogP contribution in [0, 0.1) is 18.7 Å². The van der Waals surface area contributed by atoms with Gasteiger partial charge in [0.05, 0.1) is 6.54 Å². The molecule has 1 fully saturated rings. The van der Waals surface area contributed by atoms with Crippen LogP contribution < -0.4 is 5.32 Å². The van der Waals surface area contributed by atoms with Gasteiger partial charge in [0.1, 0.15) is 5.82 Å². The standard InChI is InChI=1S/C15H20F4N2/c1-11-2-3-12(6-14(11)16)7-20-8-13-4-5-21(9-13)10-15(17,18)19/h2-3,6,13,20H,4-5,7-10H2,1H3/t13-/m1/s1. The number of hydrogen-bond acceptors (Lipinski definition) is 2. The van der Waals surface area contributed by atoms with E-state index in [1.807, 2.05) is 6.07 Å². The number of alkyl halides is 3. The molecule has 0 bridgehead atoms. The average molecular weight is 304 g/mol. The van der Waals surface area contributed by atoms with E-state index < -0.39 is 12.7 Å². The summed E-state index contributed by atoms with van der Waals surface area (Å²) in [6.45, 7) is 3.03. The van der Waals surface area contributed by atoms with Crippen LogP contribution in [0.4, 0.5) is 17.6 Å². The van der Waals surface area contributed by atoms with Gasteiger partial charge in [0, 0.05) is 13.1 Å². The Morgan fingerprint density at radius 2 is 2.10 bits per heavy atom. The Hall–Kier alpha value is -1.14. The number of hydrogen-bond donors (Lipinski definition) is 1. The minimum atomic E-state index is -4.12. The molecule has 0 amide bonds. The molecule has 1 aliphatic heterocycles. The summed E-state index contributed by atoms with van der Waals surface area (Å²) in [5.74, 6) is -0.00540. The highest BCUT2D eigenvalue weighted by Gasteiger charge is 2.34. The highest BCUT2D eigenvalue weighted by molar-refractivity contribution is 5.23. The number of nitrogens with zero attached hydrogens (tertiary/aromatic N) is 1. The summed E-state index contributed by atoms with van der Waals surface area (Å²) in [5, 5.41) is 3.20. The fraction of sp³-hybridized carbons (Fsp3) is 0.600. The Morgan fingerprint density at radius 3 is 2.76 bits per heavy atom. The van der Waals surface area contributed by atoms with Gasteiger partial charge in [-0.15, -0.1) is 0 Å². The number of likely N-dealkylation sites (tertiary alicyclic amines) is 1. The van der Waals surface area contributed by atoms with Gasteiger partial charge in [-0.25, -0.2) is 4.39 Å². The van der Waals surface area contributed by atoms with Gasteiger partial charge in [-0.05, 0) is 49.5 Å². The van der Waals surface area contributed by atoms with E-state index in [4.69, 9.17) is 0 Å². The molecule has 1 atom stereocenters. The lowest BCUT2D eigenvalue weighted by atomic mass is 10.1. The van der Waals surface area contributed by atoms with E-state index in [0.717, 1.165) is 12.0 Å². The van der Waals surface area contributed by atoms with Crippen molar-refractivity contribution in [2.75, 3.05) is 26.2 Å². The summed E-state index contributed by atoms with van der Waals surface area (Å²) in [4.78, 5) is 1.44. The lowest BCUT2D eigenvalue weighted by molar-refractivity contribution is -0.143. The molecule has 1 aromatic rings. The highest BCUT2D eigenvalue weighted by Crippen LogP contribution is 2.22. The second-order valence-electron chi connectivity index (χ2n) is 5.72. The maximum atomic E-state index is 13.4. The smallest absolute Gasteiger partial charge is 0.312 e. The Labute approximate surface area is 122 Å². The van der Waals surface area contributed by atoms with Gasteiger partial charge >= 0.3 is 6.18 Å². The third-order valence-electron chi connectivity index (χ3n) is 3.77. The predicted octanol–water partition coefficient (Wildman–Crippen LogP) is 3.11. The van der Waals surface area contributed by atoms with E-state index in [1.54, 1.807) is 13.0 Å². The lowest BCUT2D eigenvalue weighted by Gasteiger charge is -2.18. The van der Waals surface area contributed by atoms with Crippen LogP contribution in [0.5, 0.6) is 0 Å². The van der Waals surface area contributed by atoms with Crippen molar-refractivity contribution in [2.45, 2.75) is 26.1 Å². The topological polar surface area (TPSA) is 15.3 Å². The Morgan fingerprint density at radius 1 is 1.33 bits per heavy atom. The summed E-state index contributed by atoms with van der Waals surface area (Å²) >= 11 is 0. The Bertz CT molecular complexity index is 473. The number of rotatable bonds is 5. The molecule has 1 saturated heterocycles. The van der Waals surface area contributed by atoms with Gasteiger partial charge in [-0.2, -0.15) is 13.2 Å². The zero-order valence-corrected chi connectivity index (χ0v) is 12.0. The monoisotopic (exact) mass is 304 g/mol. The third kappa shape index (κ3) is 5.28. The number of halogens is 4. The molecular formula is C15H20F4N2. The van der Waals surface area contributed by atoms with Gasteiger partial charge in [0.15, 0.2) is 0 Å². The van der Waals surface area contributed by atoms with Crippen LogP contribution in [0.1, 0.15) is 17.5 Å². The Kier molecular flexibility index (Phi) is 5.22. The first-order chi connectivity index (χ1) is 9.83. The quantitative estimate of drug-likeness (QED) is 0.841. The van der Waals surface area contributed by atoms with Gasteiger partial charge in [0.2, 0.25) is 0 Å². The second-order valence-corrected chi connectivity index (χ2v) is 5.72. The van der Waals surface area contributed by atoms with E-state index >= 15 is 0 Å². The first kappa shape index (κ1) is 16.2. The summed E-state index contributed by atoms with van der Waals surface area (Å²) in [6.07, 6.45) is -3.35. The molecule has 0 unspecified atom stereocenters. The maximum Gasteiger partial charge on any atom is 0.401 e. The normalized spacial score (nSPS) is 20.1. The average Bonchev–Trinajstić information content (AvgIpc) is 2.79. The molecule has 0 saturated carbocycles. The summed E-state index contributed by atoms with van der Waals surface area (Å²) in [6, 6.07) is 5.08. The van der Waals surface area contributed by atoms with Gasteiger partial charge < -0.3 is 5.32 Å². The van der Waals surface area contributed by atoms with Crippen LogP contribution >= 0.6 is 0 Å². The van der Waals surface area contributed by atoms with Crippen molar-refractivity contribution >= 4 is 0 Å². The van der Waals surface area contributed by atoms with E-state index in [2.05, 4.69) is 5.32 Å². The summed E-state index contributed by atoms with van der Waals surface area (Å²) < 4.78 is 50.2. The highest BCUT2D eigenvalue weighted by atomic mass is 19.4. The first-order valence-electron chi connectivity index (χ1n) is 7.08. The number of nitrogens with one attached hydrogen (secondary N) is 1. The van der Waals surface area contributed by atoms with E-state index in [0.29, 0.717) is 31.7 Å². The van der Waals surface area contributed by atoms with Crippen LogP contribution in [-0.2, 0) is 6.54 Å². The van der Waals surface area contributed by atoms with Crippen molar-refractivity contribution in [3.8, 4) is 0 Å². The van der Waals surface area contributed by atoms with Crippen LogP contribution in [-0.4, -0.2) is 37.3 Å². The molecule has 118 valence electrons. The molecule has 2 rings (SSSR count). The Balaban J connectivity index is 1.71. The van der Waals surface area contributed by atoms with Gasteiger partial charge in [-0.1, -0.05) is 12.1 Å². The fourth-order valence-electron chi connectivity index (χ4n) is 2.64. The van der Waals surface area contributed by atoms with E-state index in [-0.39, 0.29) is 11.7 Å². The minimum Gasteiger partial charge on any atom is -0.312 e. The second kappa shape index (κ2) is 6.75.